The molecule has 3 heterocycles. The van der Waals surface area contributed by atoms with Crippen molar-refractivity contribution >= 4 is 5.91 Å². The molecule has 4 fully saturated rings. The molecule has 1 aromatic rings. The first-order valence-corrected chi connectivity index (χ1v) is 11.2. The van der Waals surface area contributed by atoms with Crippen LogP contribution in [-0.2, 0) is 26.1 Å². The third kappa shape index (κ3) is 1.91. The third-order valence-electron chi connectivity index (χ3n) is 8.54. The molecule has 7 rings (SSSR count). The van der Waals surface area contributed by atoms with Crippen molar-refractivity contribution in [2.45, 2.75) is 61.6 Å². The Labute approximate surface area is 175 Å². The van der Waals surface area contributed by atoms with Crippen molar-refractivity contribution in [2.24, 2.45) is 11.8 Å². The van der Waals surface area contributed by atoms with Crippen molar-refractivity contribution in [3.05, 3.63) is 23.3 Å². The molecular formula is C23H27NO6. The van der Waals surface area contributed by atoms with Crippen LogP contribution in [0.2, 0.25) is 0 Å². The van der Waals surface area contributed by atoms with E-state index < -0.39 is 23.4 Å². The zero-order chi connectivity index (χ0) is 20.3. The lowest BCUT2D eigenvalue weighted by atomic mass is 9.49. The zero-order valence-corrected chi connectivity index (χ0v) is 17.1. The first-order chi connectivity index (χ1) is 14.6. The number of hydrogen-bond acceptors (Lipinski definition) is 6. The Kier molecular flexibility index (Phi) is 3.38. The number of carbonyl (C=O) groups excluding carboxylic acids is 1. The molecule has 2 saturated heterocycles. The predicted molar refractivity (Wildman–Crippen MR) is 104 cm³/mol. The summed E-state index contributed by atoms with van der Waals surface area (Å²) in [7, 11) is 1.63. The summed E-state index contributed by atoms with van der Waals surface area (Å²) in [5.41, 5.74) is 1.26. The van der Waals surface area contributed by atoms with E-state index in [1.165, 1.54) is 12.8 Å². The molecule has 1 amide bonds. The van der Waals surface area contributed by atoms with Gasteiger partial charge in [-0.25, -0.2) is 0 Å². The van der Waals surface area contributed by atoms with Crippen LogP contribution in [0.5, 0.6) is 11.5 Å². The van der Waals surface area contributed by atoms with Gasteiger partial charge in [0, 0.05) is 24.6 Å². The summed E-state index contributed by atoms with van der Waals surface area (Å²) in [6.07, 6.45) is 2.99. The van der Waals surface area contributed by atoms with E-state index in [0.29, 0.717) is 37.1 Å². The van der Waals surface area contributed by atoms with Crippen LogP contribution in [0.1, 0.15) is 36.8 Å². The summed E-state index contributed by atoms with van der Waals surface area (Å²) in [6, 6.07) is 4.11. The van der Waals surface area contributed by atoms with Crippen LogP contribution < -0.4 is 9.47 Å². The highest BCUT2D eigenvalue weighted by Gasteiger charge is 2.76. The number of fused-ring (bicyclic) bond motifs is 1. The minimum absolute atomic E-state index is 0.0817. The van der Waals surface area contributed by atoms with E-state index in [9.17, 15) is 9.90 Å². The highest BCUT2D eigenvalue weighted by Crippen LogP contribution is 2.66. The van der Waals surface area contributed by atoms with Gasteiger partial charge in [-0.05, 0) is 49.1 Å². The number of amides is 1. The second kappa shape index (κ2) is 5.69. The Morgan fingerprint density at radius 3 is 2.77 bits per heavy atom. The maximum atomic E-state index is 13.6. The molecule has 6 aliphatic rings. The second-order valence-corrected chi connectivity index (χ2v) is 9.82. The van der Waals surface area contributed by atoms with Crippen LogP contribution in [0.25, 0.3) is 0 Å². The van der Waals surface area contributed by atoms with Crippen LogP contribution in [-0.4, -0.2) is 66.8 Å². The average Bonchev–Trinajstić information content (AvgIpc) is 3.32. The summed E-state index contributed by atoms with van der Waals surface area (Å²) in [5, 5.41) is 11.7. The molecule has 30 heavy (non-hydrogen) atoms. The van der Waals surface area contributed by atoms with Gasteiger partial charge in [-0.3, -0.25) is 4.79 Å². The summed E-state index contributed by atoms with van der Waals surface area (Å²) in [5.74, 6) is 0.922. The molecule has 3 aliphatic heterocycles. The number of ether oxygens (including phenoxy) is 4. The molecule has 0 unspecified atom stereocenters. The maximum absolute atomic E-state index is 13.6. The highest BCUT2D eigenvalue weighted by atomic mass is 16.8. The molecule has 0 radical (unpaired) electrons. The lowest BCUT2D eigenvalue weighted by Crippen LogP contribution is -2.77. The number of aliphatic hydroxyl groups excluding tert-OH is 1. The van der Waals surface area contributed by atoms with Crippen LogP contribution >= 0.6 is 0 Å². The number of nitrogens with zero attached hydrogens (tertiary/aromatic N) is 1. The summed E-state index contributed by atoms with van der Waals surface area (Å²) < 4.78 is 24.5. The second-order valence-electron chi connectivity index (χ2n) is 9.82. The van der Waals surface area contributed by atoms with Gasteiger partial charge in [-0.2, -0.15) is 0 Å². The van der Waals surface area contributed by atoms with Crippen LogP contribution in [0.15, 0.2) is 12.1 Å². The van der Waals surface area contributed by atoms with E-state index in [4.69, 9.17) is 18.9 Å². The highest BCUT2D eigenvalue weighted by molar-refractivity contribution is 5.87. The molecule has 1 N–H and O–H groups in total. The summed E-state index contributed by atoms with van der Waals surface area (Å²) in [6.45, 7) is 1.76. The van der Waals surface area contributed by atoms with E-state index in [1.54, 1.807) is 7.11 Å². The van der Waals surface area contributed by atoms with E-state index >= 15 is 0 Å². The van der Waals surface area contributed by atoms with Crippen molar-refractivity contribution < 1.29 is 28.8 Å². The molecular weight excluding hydrogens is 386 g/mol. The van der Waals surface area contributed by atoms with Gasteiger partial charge < -0.3 is 29.0 Å². The lowest BCUT2D eigenvalue weighted by Gasteiger charge is -2.61. The van der Waals surface area contributed by atoms with Crippen molar-refractivity contribution in [3.63, 3.8) is 0 Å². The molecule has 2 bridgehead atoms. The quantitative estimate of drug-likeness (QED) is 0.807. The number of piperidine rings is 1. The number of benzene rings is 1. The van der Waals surface area contributed by atoms with Crippen LogP contribution in [0.3, 0.4) is 0 Å². The molecule has 5 atom stereocenters. The van der Waals surface area contributed by atoms with Gasteiger partial charge in [-0.15, -0.1) is 0 Å². The minimum Gasteiger partial charge on any atom is -0.493 e. The fourth-order valence-electron chi connectivity index (χ4n) is 7.22. The van der Waals surface area contributed by atoms with Crippen molar-refractivity contribution in [2.75, 3.05) is 26.9 Å². The monoisotopic (exact) mass is 413 g/mol. The number of hydrogen-bond donors (Lipinski definition) is 1. The first-order valence-electron chi connectivity index (χ1n) is 11.2. The standard InChI is InChI=1S/C23H27NO6/c1-27-16-5-4-13-10-15-14-6-7-22(28-8-9-29-22)21-23(14,17(13)18(16)30-21)19(25)20(26)24(15)11-12-2-3-12/h4-5,12,14-15,19,21,25H,2-3,6-11H2,1H3/t14-,15+,19-,21-,23-/m0/s1. The zero-order valence-electron chi connectivity index (χ0n) is 17.1. The molecule has 1 aromatic carbocycles. The minimum atomic E-state index is -1.17. The Bertz CT molecular complexity index is 938. The summed E-state index contributed by atoms with van der Waals surface area (Å²) >= 11 is 0. The van der Waals surface area contributed by atoms with Gasteiger partial charge in [0.15, 0.2) is 17.6 Å². The molecule has 160 valence electrons. The molecule has 7 heteroatoms. The Hall–Kier alpha value is -1.83. The molecule has 2 saturated carbocycles. The van der Waals surface area contributed by atoms with E-state index in [0.717, 1.165) is 30.5 Å². The van der Waals surface area contributed by atoms with Crippen LogP contribution in [0, 0.1) is 11.8 Å². The lowest BCUT2D eigenvalue weighted by molar-refractivity contribution is -0.272. The average molecular weight is 413 g/mol. The third-order valence-corrected chi connectivity index (χ3v) is 8.54. The van der Waals surface area contributed by atoms with Crippen molar-refractivity contribution in [3.8, 4) is 11.5 Å². The largest absolute Gasteiger partial charge is 0.493 e. The maximum Gasteiger partial charge on any atom is 0.252 e. The topological polar surface area (TPSA) is 77.5 Å². The Balaban J connectivity index is 1.47. The molecule has 3 aliphatic carbocycles. The van der Waals surface area contributed by atoms with Gasteiger partial charge in [-0.1, -0.05) is 6.07 Å². The molecule has 7 nitrogen and oxygen atoms in total. The van der Waals surface area contributed by atoms with E-state index in [-0.39, 0.29) is 17.9 Å². The van der Waals surface area contributed by atoms with Gasteiger partial charge in [0.2, 0.25) is 5.79 Å². The Morgan fingerprint density at radius 2 is 2.03 bits per heavy atom. The number of methoxy groups -OCH3 is 1. The van der Waals surface area contributed by atoms with E-state index in [1.807, 2.05) is 11.0 Å². The number of likely N-dealkylation sites (tertiary alicyclic amines) is 1. The first kappa shape index (κ1) is 17.8. The Morgan fingerprint density at radius 1 is 1.23 bits per heavy atom. The fourth-order valence-corrected chi connectivity index (χ4v) is 7.22. The molecule has 2 spiro atoms. The van der Waals surface area contributed by atoms with Crippen molar-refractivity contribution in [1.29, 1.82) is 0 Å². The van der Waals surface area contributed by atoms with E-state index in [2.05, 4.69) is 6.07 Å². The van der Waals surface area contributed by atoms with Crippen molar-refractivity contribution in [1.82, 2.24) is 4.90 Å². The smallest absolute Gasteiger partial charge is 0.252 e. The van der Waals surface area contributed by atoms with Gasteiger partial charge >= 0.3 is 0 Å². The fraction of sp³-hybridized carbons (Fsp3) is 0.696. The van der Waals surface area contributed by atoms with Crippen LogP contribution in [0.4, 0.5) is 0 Å². The number of rotatable bonds is 3. The normalized spacial score (nSPS) is 39.8. The number of carbonyl (C=O) groups is 1. The van der Waals surface area contributed by atoms with Gasteiger partial charge in [0.25, 0.3) is 5.91 Å². The van der Waals surface area contributed by atoms with Gasteiger partial charge in [0.1, 0.15) is 6.10 Å². The summed E-state index contributed by atoms with van der Waals surface area (Å²) in [4.78, 5) is 15.6. The van der Waals surface area contributed by atoms with Gasteiger partial charge in [0.05, 0.1) is 25.7 Å². The predicted octanol–water partition coefficient (Wildman–Crippen LogP) is 1.38. The number of aliphatic hydroxyl groups is 1. The SMILES string of the molecule is COc1ccc2c3c1O[C@H]1C4(CC[C@H]5[C@@H](C2)N(CC2CC2)C(=O)[C@H](O)[C@@]351)OCCO4. The molecule has 0 aromatic heterocycles.